The summed E-state index contributed by atoms with van der Waals surface area (Å²) in [5, 5.41) is 18.2. The third kappa shape index (κ3) is 5.22. The quantitative estimate of drug-likeness (QED) is 0.538. The lowest BCUT2D eigenvalue weighted by atomic mass is 9.98. The zero-order chi connectivity index (χ0) is 12.0. The Morgan fingerprint density at radius 2 is 2.00 bits per heavy atom. The van der Waals surface area contributed by atoms with Gasteiger partial charge in [-0.1, -0.05) is 0 Å². The maximum absolute atomic E-state index is 10.2. The highest BCUT2D eigenvalue weighted by Gasteiger charge is 2.28. The summed E-state index contributed by atoms with van der Waals surface area (Å²) in [5.41, 5.74) is 0. The molecule has 0 aromatic rings. The maximum Gasteiger partial charge on any atom is 0.257 e. The molecule has 0 bridgehead atoms. The molecular formula is C9H18O6S. The summed E-state index contributed by atoms with van der Waals surface area (Å²) < 4.78 is 30.5. The van der Waals surface area contributed by atoms with E-state index >= 15 is 0 Å². The zero-order valence-electron chi connectivity index (χ0n) is 8.95. The van der Waals surface area contributed by atoms with Crippen LogP contribution in [0.2, 0.25) is 0 Å². The lowest BCUT2D eigenvalue weighted by Gasteiger charge is -2.32. The number of aliphatic hydroxyl groups excluding tert-OH is 2. The van der Waals surface area contributed by atoms with Crippen LogP contribution in [0.5, 0.6) is 0 Å². The molecule has 1 aliphatic heterocycles. The first-order valence-electron chi connectivity index (χ1n) is 5.33. The van der Waals surface area contributed by atoms with Crippen molar-refractivity contribution < 1.29 is 27.6 Å². The third-order valence-electron chi connectivity index (χ3n) is 2.50. The van der Waals surface area contributed by atoms with E-state index in [0.29, 0.717) is 25.7 Å². The fraction of sp³-hybridized carbons (Fsp3) is 1.00. The molecule has 1 fully saturated rings. The van der Waals surface area contributed by atoms with Crippen molar-refractivity contribution in [1.29, 1.82) is 0 Å². The van der Waals surface area contributed by atoms with Crippen LogP contribution in [0.15, 0.2) is 0 Å². The Hall–Kier alpha value is -0.210. The summed E-state index contributed by atoms with van der Waals surface area (Å²) in [4.78, 5) is 0. The molecule has 96 valence electrons. The van der Waals surface area contributed by atoms with Gasteiger partial charge in [-0.15, -0.1) is 0 Å². The molecule has 1 heterocycles. The van der Waals surface area contributed by atoms with Crippen LogP contribution in [-0.4, -0.2) is 50.2 Å². The fourth-order valence-electron chi connectivity index (χ4n) is 1.84. The van der Waals surface area contributed by atoms with Gasteiger partial charge in [-0.25, -0.2) is 8.42 Å². The van der Waals surface area contributed by atoms with Crippen LogP contribution in [-0.2, 0) is 19.9 Å². The van der Waals surface area contributed by atoms with Gasteiger partial charge < -0.3 is 14.9 Å². The molecular weight excluding hydrogens is 236 g/mol. The molecule has 0 radical (unpaired) electrons. The summed E-state index contributed by atoms with van der Waals surface area (Å²) >= 11 is 0. The highest BCUT2D eigenvalue weighted by molar-refractivity contribution is 7.67. The number of hydrogen-bond donors (Lipinski definition) is 3. The number of aliphatic hydroxyl groups is 2. The Morgan fingerprint density at radius 1 is 1.31 bits per heavy atom. The van der Waals surface area contributed by atoms with Crippen molar-refractivity contribution in [2.24, 2.45) is 0 Å². The van der Waals surface area contributed by atoms with E-state index in [1.165, 1.54) is 0 Å². The number of thiol groups is 1. The average molecular weight is 254 g/mol. The molecule has 6 nitrogen and oxygen atoms in total. The van der Waals surface area contributed by atoms with Crippen molar-refractivity contribution in [2.45, 2.75) is 44.0 Å². The molecule has 0 aromatic carbocycles. The van der Waals surface area contributed by atoms with Crippen LogP contribution < -0.4 is 0 Å². The van der Waals surface area contributed by atoms with Crippen LogP contribution in [0.4, 0.5) is 0 Å². The van der Waals surface area contributed by atoms with Crippen LogP contribution in [0, 0.1) is 0 Å². The van der Waals surface area contributed by atoms with E-state index in [9.17, 15) is 13.5 Å². The summed E-state index contributed by atoms with van der Waals surface area (Å²) in [6.07, 6.45) is 1.18. The van der Waals surface area contributed by atoms with Gasteiger partial charge in [-0.05, 0) is 19.3 Å². The highest BCUT2D eigenvalue weighted by atomic mass is 32.2. The standard InChI is InChI=1S/C9H18O6S/c10-3-1-2-8-4-7(11)5-9(15-8)6-14-16(12)13/h7-11,16H,1-6H2/t7-,8-,9?/m0/s1. The maximum atomic E-state index is 10.2. The van der Waals surface area contributed by atoms with E-state index in [1.54, 1.807) is 0 Å². The molecule has 2 N–H and O–H groups in total. The van der Waals surface area contributed by atoms with Gasteiger partial charge in [0.2, 0.25) is 0 Å². The van der Waals surface area contributed by atoms with E-state index in [4.69, 9.17) is 9.84 Å². The van der Waals surface area contributed by atoms with E-state index in [0.717, 1.165) is 0 Å². The Labute approximate surface area is 96.3 Å². The van der Waals surface area contributed by atoms with E-state index < -0.39 is 17.1 Å². The van der Waals surface area contributed by atoms with Gasteiger partial charge in [-0.2, -0.15) is 0 Å². The molecule has 7 heteroatoms. The van der Waals surface area contributed by atoms with Gasteiger partial charge in [0, 0.05) is 13.0 Å². The van der Waals surface area contributed by atoms with Crippen LogP contribution in [0.1, 0.15) is 25.7 Å². The van der Waals surface area contributed by atoms with Crippen LogP contribution in [0.25, 0.3) is 0 Å². The molecule has 1 rings (SSSR count). The summed E-state index contributed by atoms with van der Waals surface area (Å²) in [6.45, 7) is 0.0366. The third-order valence-corrected chi connectivity index (χ3v) is 2.86. The number of rotatable bonds is 6. The fourth-order valence-corrected chi connectivity index (χ4v) is 2.13. The molecule has 1 unspecified atom stereocenters. The predicted molar refractivity (Wildman–Crippen MR) is 56.5 cm³/mol. The van der Waals surface area contributed by atoms with Gasteiger partial charge in [0.15, 0.2) is 0 Å². The van der Waals surface area contributed by atoms with Crippen molar-refractivity contribution in [2.75, 3.05) is 13.2 Å². The van der Waals surface area contributed by atoms with E-state index in [2.05, 4.69) is 4.18 Å². The van der Waals surface area contributed by atoms with Crippen LogP contribution in [0.3, 0.4) is 0 Å². The Balaban J connectivity index is 2.34. The molecule has 0 spiro atoms. The van der Waals surface area contributed by atoms with Gasteiger partial charge in [-0.3, -0.25) is 4.18 Å². The molecule has 0 saturated carbocycles. The molecule has 1 saturated heterocycles. The lowest BCUT2D eigenvalue weighted by Crippen LogP contribution is -2.38. The molecule has 16 heavy (non-hydrogen) atoms. The average Bonchev–Trinajstić information content (AvgIpc) is 2.23. The monoisotopic (exact) mass is 254 g/mol. The predicted octanol–water partition coefficient (Wildman–Crippen LogP) is -0.790. The lowest BCUT2D eigenvalue weighted by molar-refractivity contribution is -0.110. The minimum Gasteiger partial charge on any atom is -0.396 e. The largest absolute Gasteiger partial charge is 0.396 e. The first-order chi connectivity index (χ1) is 7.61. The molecule has 1 aliphatic rings. The minimum atomic E-state index is -2.87. The number of ether oxygens (including phenoxy) is 1. The number of hydrogen-bond acceptors (Lipinski definition) is 6. The van der Waals surface area contributed by atoms with Crippen molar-refractivity contribution in [3.63, 3.8) is 0 Å². The Kier molecular flexibility index (Phi) is 6.22. The SMILES string of the molecule is O=[SH](=O)OCC1C[C@@H](O)C[C@H](CCCO)O1. The van der Waals surface area contributed by atoms with E-state index in [-0.39, 0.29) is 25.4 Å². The van der Waals surface area contributed by atoms with Crippen molar-refractivity contribution in [3.05, 3.63) is 0 Å². The Bertz CT molecular complexity index is 259. The molecule has 0 aromatic heterocycles. The van der Waals surface area contributed by atoms with Gasteiger partial charge in [0.1, 0.15) is 0 Å². The first kappa shape index (κ1) is 13.9. The van der Waals surface area contributed by atoms with Gasteiger partial charge in [0.05, 0.1) is 24.9 Å². The Morgan fingerprint density at radius 3 is 2.62 bits per heavy atom. The highest BCUT2D eigenvalue weighted by Crippen LogP contribution is 2.22. The summed E-state index contributed by atoms with van der Waals surface area (Å²) in [7, 11) is -2.87. The van der Waals surface area contributed by atoms with Crippen LogP contribution >= 0.6 is 0 Å². The molecule has 0 amide bonds. The van der Waals surface area contributed by atoms with Gasteiger partial charge >= 0.3 is 0 Å². The molecule has 0 aliphatic carbocycles. The van der Waals surface area contributed by atoms with E-state index in [1.807, 2.05) is 0 Å². The van der Waals surface area contributed by atoms with Crippen molar-refractivity contribution in [3.8, 4) is 0 Å². The van der Waals surface area contributed by atoms with Crippen molar-refractivity contribution in [1.82, 2.24) is 0 Å². The smallest absolute Gasteiger partial charge is 0.257 e. The second-order valence-corrected chi connectivity index (χ2v) is 4.60. The summed E-state index contributed by atoms with van der Waals surface area (Å²) in [5.74, 6) is 0. The zero-order valence-corrected chi connectivity index (χ0v) is 9.84. The second kappa shape index (κ2) is 7.18. The second-order valence-electron chi connectivity index (χ2n) is 3.89. The summed E-state index contributed by atoms with van der Waals surface area (Å²) in [6, 6.07) is 0. The molecule has 3 atom stereocenters. The normalized spacial score (nSPS) is 30.8. The minimum absolute atomic E-state index is 0.0502. The first-order valence-corrected chi connectivity index (χ1v) is 6.43. The topological polar surface area (TPSA) is 93.1 Å². The van der Waals surface area contributed by atoms with Crippen molar-refractivity contribution >= 4 is 11.0 Å². The van der Waals surface area contributed by atoms with Gasteiger partial charge in [0.25, 0.3) is 11.0 Å².